The van der Waals surface area contributed by atoms with Gasteiger partial charge in [0.05, 0.1) is 5.92 Å². The summed E-state index contributed by atoms with van der Waals surface area (Å²) < 4.78 is 0.660. The molecule has 0 aromatic carbocycles. The summed E-state index contributed by atoms with van der Waals surface area (Å²) in [5.41, 5.74) is 0.754. The maximum absolute atomic E-state index is 10.6. The highest BCUT2D eigenvalue weighted by Gasteiger charge is 2.13. The number of hydrogen-bond donors (Lipinski definition) is 1. The highest BCUT2D eigenvalue weighted by molar-refractivity contribution is 9.10. The van der Waals surface area contributed by atoms with Crippen molar-refractivity contribution in [1.82, 2.24) is 4.98 Å². The van der Waals surface area contributed by atoms with E-state index in [2.05, 4.69) is 20.9 Å². The van der Waals surface area contributed by atoms with Gasteiger partial charge in [-0.25, -0.2) is 4.98 Å². The lowest BCUT2D eigenvalue weighted by molar-refractivity contribution is -0.138. The van der Waals surface area contributed by atoms with Crippen LogP contribution < -0.4 is 0 Å². The molecule has 0 bridgehead atoms. The smallest absolute Gasteiger partial charge is 0.310 e. The third kappa shape index (κ3) is 2.04. The van der Waals surface area contributed by atoms with E-state index in [9.17, 15) is 4.79 Å². The zero-order chi connectivity index (χ0) is 9.14. The lowest BCUT2D eigenvalue weighted by atomic mass is 10.0. The molecule has 1 atom stereocenters. The summed E-state index contributed by atoms with van der Waals surface area (Å²) in [6, 6.07) is 3.41. The van der Waals surface area contributed by atoms with Gasteiger partial charge < -0.3 is 5.11 Å². The van der Waals surface area contributed by atoms with E-state index in [-0.39, 0.29) is 0 Å². The molecule has 3 nitrogen and oxygen atoms in total. The van der Waals surface area contributed by atoms with Crippen LogP contribution in [0.15, 0.2) is 22.9 Å². The van der Waals surface area contributed by atoms with Gasteiger partial charge in [0, 0.05) is 6.20 Å². The Morgan fingerprint density at radius 1 is 1.75 bits per heavy atom. The van der Waals surface area contributed by atoms with E-state index in [0.717, 1.165) is 5.56 Å². The van der Waals surface area contributed by atoms with Crippen LogP contribution in [0.3, 0.4) is 0 Å². The molecular weight excluding hydrogens is 222 g/mol. The van der Waals surface area contributed by atoms with E-state index in [1.807, 2.05) is 0 Å². The Morgan fingerprint density at radius 2 is 2.42 bits per heavy atom. The van der Waals surface area contributed by atoms with Gasteiger partial charge in [-0.1, -0.05) is 0 Å². The Morgan fingerprint density at radius 3 is 2.92 bits per heavy atom. The Labute approximate surface area is 78.6 Å². The number of pyridine rings is 1. The van der Waals surface area contributed by atoms with Crippen molar-refractivity contribution in [2.24, 2.45) is 0 Å². The first-order valence-electron chi connectivity index (χ1n) is 3.45. The molecule has 1 aromatic heterocycles. The number of carboxylic acid groups (broad SMARTS) is 1. The fraction of sp³-hybridized carbons (Fsp3) is 0.250. The molecule has 1 heterocycles. The van der Waals surface area contributed by atoms with Crippen LogP contribution in [0.5, 0.6) is 0 Å². The van der Waals surface area contributed by atoms with Crippen molar-refractivity contribution in [1.29, 1.82) is 0 Å². The highest BCUT2D eigenvalue weighted by atomic mass is 79.9. The van der Waals surface area contributed by atoms with Crippen molar-refractivity contribution in [3.05, 3.63) is 28.5 Å². The minimum absolute atomic E-state index is 0.482. The van der Waals surface area contributed by atoms with Gasteiger partial charge in [0.25, 0.3) is 0 Å². The molecule has 0 amide bonds. The Hall–Kier alpha value is -0.900. The molecule has 1 unspecified atom stereocenters. The number of aromatic nitrogens is 1. The van der Waals surface area contributed by atoms with E-state index in [1.54, 1.807) is 25.3 Å². The van der Waals surface area contributed by atoms with Gasteiger partial charge in [-0.3, -0.25) is 4.79 Å². The summed E-state index contributed by atoms with van der Waals surface area (Å²) in [6.07, 6.45) is 1.58. The number of halogens is 1. The SMILES string of the molecule is CC(C(=O)O)c1ccnc(Br)c1. The Balaban J connectivity index is 2.95. The molecule has 64 valence electrons. The van der Waals surface area contributed by atoms with E-state index in [4.69, 9.17) is 5.11 Å². The molecule has 1 N–H and O–H groups in total. The second kappa shape index (κ2) is 3.67. The average molecular weight is 230 g/mol. The zero-order valence-corrected chi connectivity index (χ0v) is 8.08. The van der Waals surface area contributed by atoms with Crippen LogP contribution >= 0.6 is 15.9 Å². The first-order valence-corrected chi connectivity index (χ1v) is 4.25. The molecular formula is C8H8BrNO2. The fourth-order valence-corrected chi connectivity index (χ4v) is 1.21. The average Bonchev–Trinajstić information content (AvgIpc) is 2.03. The molecule has 4 heteroatoms. The van der Waals surface area contributed by atoms with E-state index in [1.165, 1.54) is 0 Å². The minimum atomic E-state index is -0.826. The molecule has 0 saturated heterocycles. The quantitative estimate of drug-likeness (QED) is 0.790. The van der Waals surface area contributed by atoms with Gasteiger partial charge >= 0.3 is 5.97 Å². The third-order valence-corrected chi connectivity index (χ3v) is 2.05. The maximum atomic E-state index is 10.6. The maximum Gasteiger partial charge on any atom is 0.310 e. The molecule has 0 saturated carbocycles. The van der Waals surface area contributed by atoms with E-state index in [0.29, 0.717) is 4.60 Å². The normalized spacial score (nSPS) is 12.5. The van der Waals surface area contributed by atoms with Crippen molar-refractivity contribution in [2.75, 3.05) is 0 Å². The molecule has 1 aromatic rings. The van der Waals surface area contributed by atoms with Crippen LogP contribution in [0.1, 0.15) is 18.4 Å². The monoisotopic (exact) mass is 229 g/mol. The molecule has 0 radical (unpaired) electrons. The molecule has 0 fully saturated rings. The third-order valence-electron chi connectivity index (χ3n) is 1.62. The largest absolute Gasteiger partial charge is 0.481 e. The van der Waals surface area contributed by atoms with Crippen molar-refractivity contribution < 1.29 is 9.90 Å². The number of carboxylic acids is 1. The van der Waals surface area contributed by atoms with Gasteiger partial charge in [0.1, 0.15) is 4.60 Å². The first-order chi connectivity index (χ1) is 5.61. The van der Waals surface area contributed by atoms with Gasteiger partial charge in [-0.2, -0.15) is 0 Å². The van der Waals surface area contributed by atoms with Crippen molar-refractivity contribution >= 4 is 21.9 Å². The van der Waals surface area contributed by atoms with Crippen LogP contribution in [0.4, 0.5) is 0 Å². The van der Waals surface area contributed by atoms with Crippen LogP contribution in [0.25, 0.3) is 0 Å². The van der Waals surface area contributed by atoms with Crippen LogP contribution in [0, 0.1) is 0 Å². The first kappa shape index (κ1) is 9.19. The molecule has 12 heavy (non-hydrogen) atoms. The van der Waals surface area contributed by atoms with E-state index >= 15 is 0 Å². The second-order valence-corrected chi connectivity index (χ2v) is 3.28. The van der Waals surface area contributed by atoms with E-state index < -0.39 is 11.9 Å². The number of rotatable bonds is 2. The molecule has 0 aliphatic rings. The second-order valence-electron chi connectivity index (χ2n) is 2.47. The van der Waals surface area contributed by atoms with Crippen molar-refractivity contribution in [3.63, 3.8) is 0 Å². The highest BCUT2D eigenvalue weighted by Crippen LogP contribution is 2.17. The summed E-state index contributed by atoms with van der Waals surface area (Å²) in [5, 5.41) is 8.69. The van der Waals surface area contributed by atoms with Gasteiger partial charge in [0.2, 0.25) is 0 Å². The van der Waals surface area contributed by atoms with Gasteiger partial charge in [-0.15, -0.1) is 0 Å². The van der Waals surface area contributed by atoms with Crippen molar-refractivity contribution in [2.45, 2.75) is 12.8 Å². The molecule has 0 aliphatic carbocycles. The summed E-state index contributed by atoms with van der Waals surface area (Å²) in [7, 11) is 0. The Bertz CT molecular complexity index is 301. The van der Waals surface area contributed by atoms with Crippen LogP contribution in [-0.2, 0) is 4.79 Å². The summed E-state index contributed by atoms with van der Waals surface area (Å²) in [4.78, 5) is 14.5. The minimum Gasteiger partial charge on any atom is -0.481 e. The Kier molecular flexibility index (Phi) is 2.81. The number of carbonyl (C=O) groups is 1. The predicted octanol–water partition coefficient (Wildman–Crippen LogP) is 2.03. The van der Waals surface area contributed by atoms with Crippen LogP contribution in [-0.4, -0.2) is 16.1 Å². The lowest BCUT2D eigenvalue weighted by Gasteiger charge is -2.05. The number of hydrogen-bond acceptors (Lipinski definition) is 2. The zero-order valence-electron chi connectivity index (χ0n) is 6.49. The molecule has 1 rings (SSSR count). The predicted molar refractivity (Wildman–Crippen MR) is 48.0 cm³/mol. The van der Waals surface area contributed by atoms with Crippen molar-refractivity contribution in [3.8, 4) is 0 Å². The fourth-order valence-electron chi connectivity index (χ4n) is 0.829. The molecule has 0 spiro atoms. The topological polar surface area (TPSA) is 50.2 Å². The summed E-state index contributed by atoms with van der Waals surface area (Å²) in [6.45, 7) is 1.64. The van der Waals surface area contributed by atoms with Gasteiger partial charge in [0.15, 0.2) is 0 Å². The number of aliphatic carboxylic acids is 1. The van der Waals surface area contributed by atoms with Crippen LogP contribution in [0.2, 0.25) is 0 Å². The summed E-state index contributed by atoms with van der Waals surface area (Å²) >= 11 is 3.18. The number of nitrogens with zero attached hydrogens (tertiary/aromatic N) is 1. The van der Waals surface area contributed by atoms with Gasteiger partial charge in [-0.05, 0) is 40.5 Å². The lowest BCUT2D eigenvalue weighted by Crippen LogP contribution is -2.07. The summed E-state index contributed by atoms with van der Waals surface area (Å²) in [5.74, 6) is -1.31. The molecule has 0 aliphatic heterocycles. The standard InChI is InChI=1S/C8H8BrNO2/c1-5(8(11)12)6-2-3-10-7(9)4-6/h2-5H,1H3,(H,11,12).